The van der Waals surface area contributed by atoms with Crippen molar-refractivity contribution in [3.63, 3.8) is 0 Å². The van der Waals surface area contributed by atoms with Crippen LogP contribution in [0.25, 0.3) is 11.0 Å². The Hall–Kier alpha value is -4.13. The molecule has 1 saturated heterocycles. The van der Waals surface area contributed by atoms with Gasteiger partial charge in [0.1, 0.15) is 17.5 Å². The third-order valence-electron chi connectivity index (χ3n) is 7.80. The summed E-state index contributed by atoms with van der Waals surface area (Å²) in [6, 6.07) is 17.5. The number of methoxy groups -OCH3 is 1. The van der Waals surface area contributed by atoms with Crippen LogP contribution in [-0.2, 0) is 17.8 Å². The Labute approximate surface area is 221 Å². The molecule has 9 heteroatoms. The topological polar surface area (TPSA) is 102 Å². The largest absolute Gasteiger partial charge is 0.495 e. The number of aromatic amines is 1. The Bertz CT molecular complexity index is 1540. The van der Waals surface area contributed by atoms with Gasteiger partial charge in [-0.1, -0.05) is 30.3 Å². The number of hydrogen-bond acceptors (Lipinski definition) is 8. The Kier molecular flexibility index (Phi) is 5.64. The molecular weight excluding hydrogens is 478 g/mol. The smallest absolute Gasteiger partial charge is 0.231 e. The number of anilines is 3. The van der Waals surface area contributed by atoms with Crippen molar-refractivity contribution in [2.45, 2.75) is 44.3 Å². The zero-order chi connectivity index (χ0) is 25.6. The number of hydrogen-bond donors (Lipinski definition) is 2. The van der Waals surface area contributed by atoms with E-state index in [0.29, 0.717) is 35.0 Å². The summed E-state index contributed by atoms with van der Waals surface area (Å²) in [6.07, 6.45) is 6.13. The van der Waals surface area contributed by atoms with Crippen LogP contribution in [0.1, 0.15) is 47.6 Å². The van der Waals surface area contributed by atoms with Gasteiger partial charge in [0, 0.05) is 31.7 Å². The average Bonchev–Trinajstić information content (AvgIpc) is 3.54. The van der Waals surface area contributed by atoms with Crippen LogP contribution in [0, 0.1) is 11.3 Å². The van der Waals surface area contributed by atoms with Gasteiger partial charge in [-0.05, 0) is 48.1 Å². The highest BCUT2D eigenvalue weighted by Gasteiger charge is 2.33. The third-order valence-corrected chi connectivity index (χ3v) is 7.80. The fourth-order valence-corrected chi connectivity index (χ4v) is 5.72. The molecule has 0 radical (unpaired) electrons. The summed E-state index contributed by atoms with van der Waals surface area (Å²) in [4.78, 5) is 21.5. The van der Waals surface area contributed by atoms with Crippen LogP contribution < -0.4 is 15.1 Å². The van der Waals surface area contributed by atoms with Gasteiger partial charge in [0.25, 0.3) is 0 Å². The van der Waals surface area contributed by atoms with Gasteiger partial charge >= 0.3 is 0 Å². The van der Waals surface area contributed by atoms with Crippen LogP contribution in [0.4, 0.5) is 17.5 Å². The van der Waals surface area contributed by atoms with E-state index in [1.807, 2.05) is 23.3 Å². The fourth-order valence-electron chi connectivity index (χ4n) is 5.72. The van der Waals surface area contributed by atoms with Gasteiger partial charge in [0.2, 0.25) is 5.95 Å². The first-order valence-corrected chi connectivity index (χ1v) is 13.2. The molecule has 7 rings (SSSR count). The van der Waals surface area contributed by atoms with Gasteiger partial charge in [-0.2, -0.15) is 15.2 Å². The van der Waals surface area contributed by atoms with Crippen molar-refractivity contribution < 1.29 is 9.57 Å². The Morgan fingerprint density at radius 1 is 1.13 bits per heavy atom. The monoisotopic (exact) mass is 507 g/mol. The van der Waals surface area contributed by atoms with Crippen LogP contribution >= 0.6 is 0 Å². The maximum atomic E-state index is 9.80. The number of benzene rings is 2. The molecule has 2 aromatic carbocycles. The van der Waals surface area contributed by atoms with E-state index in [-0.39, 0.29) is 6.04 Å². The van der Waals surface area contributed by atoms with E-state index in [4.69, 9.17) is 19.5 Å². The van der Waals surface area contributed by atoms with E-state index in [9.17, 15) is 5.26 Å². The number of fused-ring (bicyclic) bond motifs is 2. The van der Waals surface area contributed by atoms with Crippen LogP contribution in [-0.4, -0.2) is 46.2 Å². The molecule has 0 amide bonds. The molecule has 0 bridgehead atoms. The van der Waals surface area contributed by atoms with Gasteiger partial charge in [0.15, 0.2) is 5.82 Å². The van der Waals surface area contributed by atoms with E-state index < -0.39 is 0 Å². The maximum Gasteiger partial charge on any atom is 0.231 e. The van der Waals surface area contributed by atoms with Crippen LogP contribution in [0.3, 0.4) is 0 Å². The maximum absolute atomic E-state index is 9.80. The average molecular weight is 508 g/mol. The molecule has 2 fully saturated rings. The summed E-state index contributed by atoms with van der Waals surface area (Å²) in [5.41, 5.74) is 5.66. The van der Waals surface area contributed by atoms with Gasteiger partial charge < -0.3 is 15.0 Å². The van der Waals surface area contributed by atoms with E-state index in [1.54, 1.807) is 13.3 Å². The second kappa shape index (κ2) is 9.31. The molecule has 192 valence electrons. The number of nitrogens with zero attached hydrogens (tertiary/aromatic N) is 5. The second-order valence-corrected chi connectivity index (χ2v) is 10.2. The summed E-state index contributed by atoms with van der Waals surface area (Å²) in [6.45, 7) is 2.62. The molecule has 1 saturated carbocycles. The number of nitrogens with one attached hydrogen (secondary N) is 2. The van der Waals surface area contributed by atoms with Gasteiger partial charge in [-0.15, -0.1) is 0 Å². The molecule has 2 aromatic heterocycles. The number of nitriles is 1. The normalized spacial score (nSPS) is 19.4. The Balaban J connectivity index is 1.28. The highest BCUT2D eigenvalue weighted by atomic mass is 16.7. The molecule has 4 aromatic rings. The minimum Gasteiger partial charge on any atom is -0.495 e. The fraction of sp³-hybridized carbons (Fsp3) is 0.345. The standard InChI is InChI=1S/C29H29N7O2/c1-37-25-14-19-9-11-35(22-7-8-22)17-20(19)13-23(25)32-29-33-27-26(21(15-30)16-31-27)28(34-29)36-24(10-12-38-36)18-5-3-2-4-6-18/h2-6,13-14,16,22,24H,7-12,17H2,1H3,(H2,31,32,33,34)/t24-/m0/s1. The number of H-pyrrole nitrogens is 1. The van der Waals surface area contributed by atoms with Crippen molar-refractivity contribution in [1.29, 1.82) is 5.26 Å². The molecule has 0 unspecified atom stereocenters. The summed E-state index contributed by atoms with van der Waals surface area (Å²) in [5, 5.41) is 15.7. The molecule has 1 atom stereocenters. The van der Waals surface area contributed by atoms with E-state index in [2.05, 4.69) is 45.5 Å². The molecule has 0 spiro atoms. The van der Waals surface area contributed by atoms with Crippen molar-refractivity contribution in [2.75, 3.05) is 30.6 Å². The van der Waals surface area contributed by atoms with Crippen molar-refractivity contribution in [1.82, 2.24) is 19.9 Å². The third kappa shape index (κ3) is 4.02. The number of ether oxygens (including phenoxy) is 1. The quantitative estimate of drug-likeness (QED) is 0.377. The SMILES string of the molecule is COc1cc2c(cc1Nc1nc(N3OCC[C@H]3c3ccccc3)c3c(C#N)c[nH]c3n1)CN(C1CC1)CC2. The highest BCUT2D eigenvalue weighted by Crippen LogP contribution is 2.40. The van der Waals surface area contributed by atoms with Crippen LogP contribution in [0.2, 0.25) is 0 Å². The number of rotatable bonds is 6. The van der Waals surface area contributed by atoms with Crippen molar-refractivity contribution in [3.8, 4) is 11.8 Å². The zero-order valence-electron chi connectivity index (χ0n) is 21.3. The molecule has 9 nitrogen and oxygen atoms in total. The summed E-state index contributed by atoms with van der Waals surface area (Å²) < 4.78 is 5.77. The minimum atomic E-state index is -0.0183. The van der Waals surface area contributed by atoms with Gasteiger partial charge in [-0.3, -0.25) is 9.74 Å². The molecular formula is C29H29N7O2. The van der Waals surface area contributed by atoms with Crippen LogP contribution in [0.15, 0.2) is 48.7 Å². The van der Waals surface area contributed by atoms with E-state index in [1.165, 1.54) is 24.0 Å². The molecule has 38 heavy (non-hydrogen) atoms. The highest BCUT2D eigenvalue weighted by molar-refractivity contribution is 5.94. The molecule has 4 heterocycles. The van der Waals surface area contributed by atoms with Crippen molar-refractivity contribution >= 4 is 28.5 Å². The molecule has 2 N–H and O–H groups in total. The van der Waals surface area contributed by atoms with Crippen LogP contribution in [0.5, 0.6) is 5.75 Å². The first-order chi connectivity index (χ1) is 18.7. The lowest BCUT2D eigenvalue weighted by Crippen LogP contribution is -2.32. The minimum absolute atomic E-state index is 0.0183. The number of aromatic nitrogens is 3. The summed E-state index contributed by atoms with van der Waals surface area (Å²) >= 11 is 0. The predicted octanol–water partition coefficient (Wildman–Crippen LogP) is 4.99. The number of hydroxylamine groups is 1. The first kappa shape index (κ1) is 23.0. The van der Waals surface area contributed by atoms with Gasteiger partial charge in [0.05, 0.1) is 36.4 Å². The lowest BCUT2D eigenvalue weighted by Gasteiger charge is -2.29. The Morgan fingerprint density at radius 3 is 2.79 bits per heavy atom. The Morgan fingerprint density at radius 2 is 2.00 bits per heavy atom. The molecule has 1 aliphatic carbocycles. The molecule has 2 aliphatic heterocycles. The van der Waals surface area contributed by atoms with Crippen molar-refractivity contribution in [3.05, 3.63) is 70.9 Å². The predicted molar refractivity (Wildman–Crippen MR) is 144 cm³/mol. The summed E-state index contributed by atoms with van der Waals surface area (Å²) in [5.74, 6) is 1.74. The van der Waals surface area contributed by atoms with Gasteiger partial charge in [-0.25, -0.2) is 5.06 Å². The lowest BCUT2D eigenvalue weighted by molar-refractivity contribution is 0.157. The first-order valence-electron chi connectivity index (χ1n) is 13.2. The molecule has 3 aliphatic rings. The van der Waals surface area contributed by atoms with E-state index in [0.717, 1.165) is 49.0 Å². The van der Waals surface area contributed by atoms with Crippen molar-refractivity contribution in [2.24, 2.45) is 0 Å². The second-order valence-electron chi connectivity index (χ2n) is 10.2. The zero-order valence-corrected chi connectivity index (χ0v) is 21.3. The van der Waals surface area contributed by atoms with E-state index >= 15 is 0 Å². The lowest BCUT2D eigenvalue weighted by atomic mass is 9.98. The summed E-state index contributed by atoms with van der Waals surface area (Å²) in [7, 11) is 1.69.